The molecule has 0 aliphatic heterocycles. The SMILES string of the molecule is CC(=O)c1ccc(-c2cc(F)ccc2Cl)s1. The van der Waals surface area contributed by atoms with E-state index in [0.717, 1.165) is 4.88 Å². The Morgan fingerprint density at radius 2 is 2.06 bits per heavy atom. The molecule has 1 aromatic heterocycles. The lowest BCUT2D eigenvalue weighted by atomic mass is 10.2. The minimum absolute atomic E-state index is 0.00350. The summed E-state index contributed by atoms with van der Waals surface area (Å²) in [5.74, 6) is -0.332. The second-order valence-electron chi connectivity index (χ2n) is 3.34. The average Bonchev–Trinajstić information content (AvgIpc) is 2.70. The summed E-state index contributed by atoms with van der Waals surface area (Å²) in [6.45, 7) is 1.50. The van der Waals surface area contributed by atoms with Crippen molar-refractivity contribution in [3.63, 3.8) is 0 Å². The van der Waals surface area contributed by atoms with Gasteiger partial charge in [-0.2, -0.15) is 0 Å². The molecule has 0 aliphatic rings. The quantitative estimate of drug-likeness (QED) is 0.726. The third-order valence-electron chi connectivity index (χ3n) is 2.15. The molecular weight excluding hydrogens is 247 g/mol. The van der Waals surface area contributed by atoms with E-state index in [1.165, 1.54) is 36.5 Å². The number of Topliss-reactive ketones (excluding diaryl/α,β-unsaturated/α-hetero) is 1. The molecule has 0 fully saturated rings. The number of carbonyl (C=O) groups excluding carboxylic acids is 1. The maximum atomic E-state index is 13.1. The molecule has 82 valence electrons. The highest BCUT2D eigenvalue weighted by molar-refractivity contribution is 7.17. The van der Waals surface area contributed by atoms with Crippen LogP contribution in [0.1, 0.15) is 16.6 Å². The molecule has 1 heterocycles. The number of hydrogen-bond acceptors (Lipinski definition) is 2. The molecule has 0 bridgehead atoms. The summed E-state index contributed by atoms with van der Waals surface area (Å²) in [6, 6.07) is 7.70. The minimum atomic E-state index is -0.336. The topological polar surface area (TPSA) is 17.1 Å². The molecule has 0 saturated carbocycles. The second kappa shape index (κ2) is 4.36. The van der Waals surface area contributed by atoms with E-state index < -0.39 is 0 Å². The van der Waals surface area contributed by atoms with E-state index in [2.05, 4.69) is 0 Å². The molecule has 4 heteroatoms. The Hall–Kier alpha value is -1.19. The average molecular weight is 255 g/mol. The Morgan fingerprint density at radius 1 is 1.31 bits per heavy atom. The van der Waals surface area contributed by atoms with Crippen molar-refractivity contribution in [1.82, 2.24) is 0 Å². The zero-order valence-electron chi connectivity index (χ0n) is 8.46. The summed E-state index contributed by atoms with van der Waals surface area (Å²) in [5.41, 5.74) is 0.624. The molecule has 2 aromatic rings. The highest BCUT2D eigenvalue weighted by Gasteiger charge is 2.09. The molecule has 1 nitrogen and oxygen atoms in total. The van der Waals surface area contributed by atoms with Gasteiger partial charge in [0.15, 0.2) is 5.78 Å². The van der Waals surface area contributed by atoms with Gasteiger partial charge in [-0.25, -0.2) is 4.39 Å². The predicted molar refractivity (Wildman–Crippen MR) is 64.7 cm³/mol. The van der Waals surface area contributed by atoms with Gasteiger partial charge >= 0.3 is 0 Å². The summed E-state index contributed by atoms with van der Waals surface area (Å²) in [5, 5.41) is 0.485. The van der Waals surface area contributed by atoms with Crippen molar-refractivity contribution >= 4 is 28.7 Å². The zero-order valence-corrected chi connectivity index (χ0v) is 10.0. The first-order valence-electron chi connectivity index (χ1n) is 4.64. The van der Waals surface area contributed by atoms with Crippen LogP contribution in [-0.4, -0.2) is 5.78 Å². The number of halogens is 2. The van der Waals surface area contributed by atoms with Crippen LogP contribution >= 0.6 is 22.9 Å². The molecule has 0 saturated heterocycles. The maximum Gasteiger partial charge on any atom is 0.169 e. The van der Waals surface area contributed by atoms with Gasteiger partial charge in [0.2, 0.25) is 0 Å². The monoisotopic (exact) mass is 254 g/mol. The largest absolute Gasteiger partial charge is 0.294 e. The van der Waals surface area contributed by atoms with Crippen LogP contribution in [0, 0.1) is 5.82 Å². The van der Waals surface area contributed by atoms with Gasteiger partial charge in [0, 0.05) is 15.5 Å². The van der Waals surface area contributed by atoms with Crippen LogP contribution in [0.4, 0.5) is 4.39 Å². The molecule has 2 rings (SSSR count). The van der Waals surface area contributed by atoms with Gasteiger partial charge in [-0.3, -0.25) is 4.79 Å². The summed E-state index contributed by atoms with van der Waals surface area (Å²) in [4.78, 5) is 12.6. The number of thiophene rings is 1. The number of rotatable bonds is 2. The predicted octanol–water partition coefficient (Wildman–Crippen LogP) is 4.41. The number of carbonyl (C=O) groups is 1. The van der Waals surface area contributed by atoms with Crippen LogP contribution in [0.25, 0.3) is 10.4 Å². The maximum absolute atomic E-state index is 13.1. The first kappa shape index (κ1) is 11.3. The summed E-state index contributed by atoms with van der Waals surface area (Å²) in [6.07, 6.45) is 0. The van der Waals surface area contributed by atoms with Gasteiger partial charge in [-0.15, -0.1) is 11.3 Å². The van der Waals surface area contributed by atoms with Gasteiger partial charge in [-0.1, -0.05) is 11.6 Å². The molecule has 0 atom stereocenters. The van der Waals surface area contributed by atoms with Crippen molar-refractivity contribution < 1.29 is 9.18 Å². The lowest BCUT2D eigenvalue weighted by Gasteiger charge is -2.00. The Kier molecular flexibility index (Phi) is 3.08. The molecular formula is C12H8ClFOS. The second-order valence-corrected chi connectivity index (χ2v) is 4.84. The van der Waals surface area contributed by atoms with Gasteiger partial charge < -0.3 is 0 Å². The fourth-order valence-corrected chi connectivity index (χ4v) is 2.57. The highest BCUT2D eigenvalue weighted by Crippen LogP contribution is 2.33. The van der Waals surface area contributed by atoms with Crippen LogP contribution in [0.5, 0.6) is 0 Å². The van der Waals surface area contributed by atoms with E-state index in [4.69, 9.17) is 11.6 Å². The Labute approximate surface area is 101 Å². The van der Waals surface area contributed by atoms with Gasteiger partial charge in [0.05, 0.1) is 4.88 Å². The molecule has 0 radical (unpaired) electrons. The minimum Gasteiger partial charge on any atom is -0.294 e. The van der Waals surface area contributed by atoms with Crippen molar-refractivity contribution in [1.29, 1.82) is 0 Å². The molecule has 0 amide bonds. The van der Waals surface area contributed by atoms with Crippen LogP contribution in [-0.2, 0) is 0 Å². The van der Waals surface area contributed by atoms with Crippen molar-refractivity contribution in [2.75, 3.05) is 0 Å². The van der Waals surface area contributed by atoms with E-state index in [0.29, 0.717) is 15.5 Å². The van der Waals surface area contributed by atoms with Gasteiger partial charge in [0.25, 0.3) is 0 Å². The zero-order chi connectivity index (χ0) is 11.7. The molecule has 0 N–H and O–H groups in total. The van der Waals surface area contributed by atoms with Gasteiger partial charge in [-0.05, 0) is 37.3 Å². The Balaban J connectivity index is 2.50. The first-order valence-corrected chi connectivity index (χ1v) is 5.83. The smallest absolute Gasteiger partial charge is 0.169 e. The number of hydrogen-bond donors (Lipinski definition) is 0. The number of ketones is 1. The first-order chi connectivity index (χ1) is 7.58. The Morgan fingerprint density at radius 3 is 2.69 bits per heavy atom. The number of benzene rings is 1. The van der Waals surface area contributed by atoms with Crippen molar-refractivity contribution in [2.24, 2.45) is 0 Å². The Bertz CT molecular complexity index is 548. The fourth-order valence-electron chi connectivity index (χ4n) is 1.36. The fraction of sp³-hybridized carbons (Fsp3) is 0.0833. The van der Waals surface area contributed by atoms with Crippen LogP contribution in [0.2, 0.25) is 5.02 Å². The van der Waals surface area contributed by atoms with Crippen molar-refractivity contribution in [3.8, 4) is 10.4 Å². The van der Waals surface area contributed by atoms with E-state index in [1.54, 1.807) is 12.1 Å². The van der Waals surface area contributed by atoms with Crippen molar-refractivity contribution in [2.45, 2.75) is 6.92 Å². The van der Waals surface area contributed by atoms with E-state index in [9.17, 15) is 9.18 Å². The molecule has 0 aliphatic carbocycles. The van der Waals surface area contributed by atoms with E-state index >= 15 is 0 Å². The molecule has 0 spiro atoms. The lowest BCUT2D eigenvalue weighted by molar-refractivity contribution is 0.102. The summed E-state index contributed by atoms with van der Waals surface area (Å²) >= 11 is 7.29. The molecule has 16 heavy (non-hydrogen) atoms. The normalized spacial score (nSPS) is 10.4. The third-order valence-corrected chi connectivity index (χ3v) is 3.70. The highest BCUT2D eigenvalue weighted by atomic mass is 35.5. The van der Waals surface area contributed by atoms with Gasteiger partial charge in [0.1, 0.15) is 5.82 Å². The van der Waals surface area contributed by atoms with Crippen molar-refractivity contribution in [3.05, 3.63) is 46.0 Å². The molecule has 1 aromatic carbocycles. The summed E-state index contributed by atoms with van der Waals surface area (Å²) in [7, 11) is 0. The lowest BCUT2D eigenvalue weighted by Crippen LogP contribution is -1.83. The summed E-state index contributed by atoms with van der Waals surface area (Å²) < 4.78 is 13.1. The third kappa shape index (κ3) is 2.15. The van der Waals surface area contributed by atoms with Crippen LogP contribution in [0.3, 0.4) is 0 Å². The molecule has 0 unspecified atom stereocenters. The standard InChI is InChI=1S/C12H8ClFOS/c1-7(15)11-4-5-12(16-11)9-6-8(14)2-3-10(9)13/h2-6H,1H3. The van der Waals surface area contributed by atoms with Crippen LogP contribution in [0.15, 0.2) is 30.3 Å². The van der Waals surface area contributed by atoms with Crippen LogP contribution < -0.4 is 0 Å². The van der Waals surface area contributed by atoms with E-state index in [-0.39, 0.29) is 11.6 Å². The van der Waals surface area contributed by atoms with E-state index in [1.807, 2.05) is 0 Å².